The molecule has 1 aliphatic heterocycles. The second kappa shape index (κ2) is 2.68. The van der Waals surface area contributed by atoms with Gasteiger partial charge in [-0.15, -0.1) is 0 Å². The fraction of sp³-hybridized carbons (Fsp3) is 0.500. The van der Waals surface area contributed by atoms with Crippen LogP contribution in [-0.2, 0) is 4.74 Å². The average molecular weight is 152 g/mol. The van der Waals surface area contributed by atoms with Crippen molar-refractivity contribution in [3.63, 3.8) is 0 Å². The van der Waals surface area contributed by atoms with E-state index < -0.39 is 0 Å². The van der Waals surface area contributed by atoms with Crippen LogP contribution in [0.3, 0.4) is 0 Å². The van der Waals surface area contributed by atoms with Crippen molar-refractivity contribution in [2.75, 3.05) is 7.05 Å². The Morgan fingerprint density at radius 3 is 3.00 bits per heavy atom. The van der Waals surface area contributed by atoms with Crippen LogP contribution in [0.15, 0.2) is 23.9 Å². The van der Waals surface area contributed by atoms with Crippen LogP contribution in [0.4, 0.5) is 0 Å². The predicted octanol–water partition coefficient (Wildman–Crippen LogP) is 0.322. The van der Waals surface area contributed by atoms with E-state index in [9.17, 15) is 0 Å². The minimum atomic E-state index is 0.175. The molecule has 1 fully saturated rings. The van der Waals surface area contributed by atoms with E-state index in [1.54, 1.807) is 0 Å². The van der Waals surface area contributed by atoms with E-state index in [2.05, 4.69) is 28.9 Å². The lowest BCUT2D eigenvalue weighted by molar-refractivity contribution is 0.343. The highest BCUT2D eigenvalue weighted by molar-refractivity contribution is 5.25. The number of allylic oxidation sites excluding steroid dienone is 3. The number of epoxide rings is 1. The lowest BCUT2D eigenvalue weighted by Gasteiger charge is -1.99. The van der Waals surface area contributed by atoms with Gasteiger partial charge in [-0.2, -0.15) is 0 Å². The molecule has 1 saturated heterocycles. The van der Waals surface area contributed by atoms with Crippen molar-refractivity contribution in [3.05, 3.63) is 23.9 Å². The normalized spacial score (nSPS) is 33.7. The van der Waals surface area contributed by atoms with E-state index in [0.717, 1.165) is 6.42 Å². The Bertz CT molecular complexity index is 210. The monoisotopic (exact) mass is 152 g/mol. The zero-order valence-electron chi connectivity index (χ0n) is 6.50. The first-order valence-electron chi connectivity index (χ1n) is 3.86. The summed E-state index contributed by atoms with van der Waals surface area (Å²) in [6.45, 7) is 0. The SMILES string of the molecule is CNC1OC1NC1=CCC=C1. The largest absolute Gasteiger partial charge is 0.357 e. The summed E-state index contributed by atoms with van der Waals surface area (Å²) in [5, 5.41) is 6.27. The van der Waals surface area contributed by atoms with Crippen LogP contribution in [0.1, 0.15) is 6.42 Å². The van der Waals surface area contributed by atoms with Gasteiger partial charge < -0.3 is 10.1 Å². The van der Waals surface area contributed by atoms with Crippen LogP contribution in [0.25, 0.3) is 0 Å². The van der Waals surface area contributed by atoms with Crippen LogP contribution >= 0.6 is 0 Å². The van der Waals surface area contributed by atoms with Crippen molar-refractivity contribution in [2.45, 2.75) is 18.9 Å². The van der Waals surface area contributed by atoms with Gasteiger partial charge in [0.15, 0.2) is 12.5 Å². The average Bonchev–Trinajstić information content (AvgIpc) is 2.54. The molecule has 11 heavy (non-hydrogen) atoms. The fourth-order valence-corrected chi connectivity index (χ4v) is 1.17. The Balaban J connectivity index is 1.79. The third kappa shape index (κ3) is 1.44. The Kier molecular flexibility index (Phi) is 1.68. The lowest BCUT2D eigenvalue weighted by atomic mass is 10.4. The summed E-state index contributed by atoms with van der Waals surface area (Å²) >= 11 is 0. The summed E-state index contributed by atoms with van der Waals surface area (Å²) in [5.74, 6) is 0. The highest BCUT2D eigenvalue weighted by Crippen LogP contribution is 2.18. The van der Waals surface area contributed by atoms with E-state index >= 15 is 0 Å². The molecule has 0 radical (unpaired) electrons. The molecule has 2 unspecified atom stereocenters. The molecule has 2 aliphatic rings. The summed E-state index contributed by atoms with van der Waals surface area (Å²) in [6, 6.07) is 0. The Hall–Kier alpha value is -0.800. The second-order valence-electron chi connectivity index (χ2n) is 2.71. The highest BCUT2D eigenvalue weighted by Gasteiger charge is 2.37. The Morgan fingerprint density at radius 2 is 2.45 bits per heavy atom. The van der Waals surface area contributed by atoms with Crippen molar-refractivity contribution in [1.82, 2.24) is 10.6 Å². The zero-order chi connectivity index (χ0) is 7.68. The van der Waals surface area contributed by atoms with Crippen LogP contribution in [0.5, 0.6) is 0 Å². The molecule has 2 N–H and O–H groups in total. The number of hydrogen-bond acceptors (Lipinski definition) is 3. The minimum absolute atomic E-state index is 0.175. The lowest BCUT2D eigenvalue weighted by Crippen LogP contribution is -2.23. The van der Waals surface area contributed by atoms with Gasteiger partial charge >= 0.3 is 0 Å². The van der Waals surface area contributed by atoms with Gasteiger partial charge in [0.05, 0.1) is 0 Å². The molecule has 3 heteroatoms. The summed E-state index contributed by atoms with van der Waals surface area (Å²) in [7, 11) is 1.89. The highest BCUT2D eigenvalue weighted by atomic mass is 16.6. The van der Waals surface area contributed by atoms with Gasteiger partial charge in [0, 0.05) is 5.70 Å². The van der Waals surface area contributed by atoms with Crippen LogP contribution in [0.2, 0.25) is 0 Å². The number of nitrogens with one attached hydrogen (secondary N) is 2. The van der Waals surface area contributed by atoms with Crippen LogP contribution in [-0.4, -0.2) is 19.5 Å². The molecule has 2 atom stereocenters. The van der Waals surface area contributed by atoms with Gasteiger partial charge in [-0.25, -0.2) is 0 Å². The van der Waals surface area contributed by atoms with E-state index in [4.69, 9.17) is 4.74 Å². The molecule has 3 nitrogen and oxygen atoms in total. The molecule has 0 amide bonds. The molecule has 0 aromatic rings. The summed E-state index contributed by atoms with van der Waals surface area (Å²) in [6.07, 6.45) is 7.76. The maximum atomic E-state index is 5.23. The van der Waals surface area contributed by atoms with E-state index in [1.807, 2.05) is 7.05 Å². The quantitative estimate of drug-likeness (QED) is 0.572. The predicted molar refractivity (Wildman–Crippen MR) is 42.7 cm³/mol. The van der Waals surface area contributed by atoms with Crippen LogP contribution in [0, 0.1) is 0 Å². The van der Waals surface area contributed by atoms with Gasteiger partial charge in [0.25, 0.3) is 0 Å². The third-order valence-corrected chi connectivity index (χ3v) is 1.86. The molecule has 1 aliphatic carbocycles. The molecule has 0 bridgehead atoms. The van der Waals surface area contributed by atoms with Gasteiger partial charge in [-0.3, -0.25) is 5.32 Å². The molecular formula is C8H12N2O. The van der Waals surface area contributed by atoms with Crippen molar-refractivity contribution >= 4 is 0 Å². The van der Waals surface area contributed by atoms with E-state index in [0.29, 0.717) is 0 Å². The standard InChI is InChI=1S/C8H12N2O/c1-9-7-8(11-7)10-6-4-2-3-5-6/h2,4-5,7-10H,3H2,1H3. The summed E-state index contributed by atoms with van der Waals surface area (Å²) in [5.41, 5.74) is 1.17. The zero-order valence-corrected chi connectivity index (χ0v) is 6.50. The van der Waals surface area contributed by atoms with Crippen molar-refractivity contribution in [3.8, 4) is 0 Å². The van der Waals surface area contributed by atoms with Gasteiger partial charge in [-0.05, 0) is 19.5 Å². The number of rotatable bonds is 3. The molecule has 0 spiro atoms. The topological polar surface area (TPSA) is 36.6 Å². The van der Waals surface area contributed by atoms with Crippen molar-refractivity contribution in [2.24, 2.45) is 0 Å². The van der Waals surface area contributed by atoms with Crippen LogP contribution < -0.4 is 10.6 Å². The fourth-order valence-electron chi connectivity index (χ4n) is 1.17. The molecule has 0 aromatic carbocycles. The van der Waals surface area contributed by atoms with Gasteiger partial charge in [-0.1, -0.05) is 12.2 Å². The second-order valence-corrected chi connectivity index (χ2v) is 2.71. The third-order valence-electron chi connectivity index (χ3n) is 1.86. The van der Waals surface area contributed by atoms with Gasteiger partial charge in [0.2, 0.25) is 0 Å². The van der Waals surface area contributed by atoms with E-state index in [1.165, 1.54) is 5.70 Å². The Morgan fingerprint density at radius 1 is 1.55 bits per heavy atom. The maximum absolute atomic E-state index is 5.23. The number of ether oxygens (including phenoxy) is 1. The first-order valence-corrected chi connectivity index (χ1v) is 3.86. The Labute approximate surface area is 66.1 Å². The molecule has 0 aromatic heterocycles. The first kappa shape index (κ1) is 6.88. The smallest absolute Gasteiger partial charge is 0.170 e. The van der Waals surface area contributed by atoms with Crippen molar-refractivity contribution in [1.29, 1.82) is 0 Å². The summed E-state index contributed by atoms with van der Waals surface area (Å²) in [4.78, 5) is 0. The number of hydrogen-bond donors (Lipinski definition) is 2. The molecule has 60 valence electrons. The first-order chi connectivity index (χ1) is 5.40. The maximum Gasteiger partial charge on any atom is 0.170 e. The number of likely N-dealkylation sites (N-methyl/N-ethyl adjacent to an activating group) is 1. The molecular weight excluding hydrogens is 140 g/mol. The summed E-state index contributed by atoms with van der Waals surface area (Å²) < 4.78 is 5.23. The molecule has 2 rings (SSSR count). The molecule has 0 saturated carbocycles. The van der Waals surface area contributed by atoms with Crippen molar-refractivity contribution < 1.29 is 4.74 Å². The minimum Gasteiger partial charge on any atom is -0.357 e. The van der Waals surface area contributed by atoms with E-state index in [-0.39, 0.29) is 12.5 Å². The molecule has 1 heterocycles. The van der Waals surface area contributed by atoms with Gasteiger partial charge in [0.1, 0.15) is 0 Å².